The predicted molar refractivity (Wildman–Crippen MR) is 123 cm³/mol. The van der Waals surface area contributed by atoms with Crippen LogP contribution >= 0.6 is 0 Å². The van der Waals surface area contributed by atoms with Gasteiger partial charge in [0.25, 0.3) is 5.91 Å². The third kappa shape index (κ3) is 4.09. The van der Waals surface area contributed by atoms with Gasteiger partial charge < -0.3 is 19.0 Å². The number of carbonyl (C=O) groups excluding carboxylic acids is 2. The summed E-state index contributed by atoms with van der Waals surface area (Å²) in [6, 6.07) is 14.8. The Labute approximate surface area is 191 Å². The van der Waals surface area contributed by atoms with Crippen LogP contribution in [0.1, 0.15) is 41.6 Å². The number of carbonyl (C=O) groups is 2. The highest BCUT2D eigenvalue weighted by molar-refractivity contribution is 6.20. The number of furan rings is 1. The van der Waals surface area contributed by atoms with E-state index in [1.165, 1.54) is 17.2 Å². The summed E-state index contributed by atoms with van der Waals surface area (Å²) in [4.78, 5) is 28.0. The van der Waals surface area contributed by atoms with Crippen LogP contribution in [-0.2, 0) is 4.79 Å². The first kappa shape index (κ1) is 22.2. The SMILES string of the molecule is CCOc1ccc(N2C(=O)C(O)=C(C(=O)c3ccco3)C2c2cccc(C)c2)cc1OCC. The molecule has 0 saturated heterocycles. The summed E-state index contributed by atoms with van der Waals surface area (Å²) in [6.45, 7) is 6.51. The molecule has 0 saturated carbocycles. The molecule has 2 aromatic carbocycles. The maximum absolute atomic E-state index is 13.3. The first-order valence-electron chi connectivity index (χ1n) is 10.8. The Balaban J connectivity index is 1.86. The Kier molecular flexibility index (Phi) is 6.22. The van der Waals surface area contributed by atoms with E-state index in [0.29, 0.717) is 36.0 Å². The maximum atomic E-state index is 13.3. The van der Waals surface area contributed by atoms with Crippen LogP contribution in [0.2, 0.25) is 0 Å². The Morgan fingerprint density at radius 2 is 1.79 bits per heavy atom. The van der Waals surface area contributed by atoms with Gasteiger partial charge in [-0.2, -0.15) is 0 Å². The number of aliphatic hydroxyl groups is 1. The lowest BCUT2D eigenvalue weighted by Crippen LogP contribution is -2.31. The van der Waals surface area contributed by atoms with Crippen LogP contribution in [0.15, 0.2) is 76.6 Å². The minimum atomic E-state index is -0.845. The number of benzene rings is 2. The van der Waals surface area contributed by atoms with Gasteiger partial charge in [0.15, 0.2) is 23.0 Å². The second kappa shape index (κ2) is 9.24. The number of Topliss-reactive ketones (excluding diaryl/α,β-unsaturated/α-hetero) is 1. The van der Waals surface area contributed by atoms with Crippen molar-refractivity contribution in [2.24, 2.45) is 0 Å². The van der Waals surface area contributed by atoms with Crippen molar-refractivity contribution in [1.29, 1.82) is 0 Å². The summed E-state index contributed by atoms with van der Waals surface area (Å²) in [5.41, 5.74) is 2.08. The smallest absolute Gasteiger partial charge is 0.294 e. The highest BCUT2D eigenvalue weighted by atomic mass is 16.5. The van der Waals surface area contributed by atoms with Gasteiger partial charge >= 0.3 is 0 Å². The number of ether oxygens (including phenoxy) is 2. The molecular weight excluding hydrogens is 422 g/mol. The molecule has 7 heteroatoms. The molecule has 1 aromatic heterocycles. The van der Waals surface area contributed by atoms with Gasteiger partial charge in [0.05, 0.1) is 31.1 Å². The molecule has 33 heavy (non-hydrogen) atoms. The topological polar surface area (TPSA) is 89.2 Å². The zero-order chi connectivity index (χ0) is 23.5. The average Bonchev–Trinajstić information content (AvgIpc) is 3.43. The van der Waals surface area contributed by atoms with E-state index in [1.54, 1.807) is 24.3 Å². The van der Waals surface area contributed by atoms with Gasteiger partial charge in [-0.05, 0) is 50.6 Å². The number of ketones is 1. The molecule has 0 fully saturated rings. The van der Waals surface area contributed by atoms with Crippen LogP contribution in [0.25, 0.3) is 0 Å². The van der Waals surface area contributed by atoms with Gasteiger partial charge in [0.2, 0.25) is 5.78 Å². The number of rotatable bonds is 8. The quantitative estimate of drug-likeness (QED) is 0.479. The molecule has 7 nitrogen and oxygen atoms in total. The van der Waals surface area contributed by atoms with Gasteiger partial charge in [0.1, 0.15) is 0 Å². The minimum Gasteiger partial charge on any atom is -0.503 e. The molecule has 4 rings (SSSR count). The third-order valence-electron chi connectivity index (χ3n) is 5.36. The van der Waals surface area contributed by atoms with Crippen molar-refractivity contribution in [3.05, 3.63) is 89.1 Å². The van der Waals surface area contributed by atoms with Crippen molar-refractivity contribution in [2.75, 3.05) is 18.1 Å². The largest absolute Gasteiger partial charge is 0.503 e. The van der Waals surface area contributed by atoms with E-state index < -0.39 is 23.5 Å². The van der Waals surface area contributed by atoms with Crippen LogP contribution in [0.5, 0.6) is 11.5 Å². The van der Waals surface area contributed by atoms with Crippen LogP contribution in [0, 0.1) is 6.92 Å². The number of amides is 1. The van der Waals surface area contributed by atoms with Gasteiger partial charge in [-0.1, -0.05) is 29.8 Å². The van der Waals surface area contributed by atoms with E-state index in [-0.39, 0.29) is 11.3 Å². The maximum Gasteiger partial charge on any atom is 0.294 e. The van der Waals surface area contributed by atoms with Gasteiger partial charge in [-0.25, -0.2) is 0 Å². The summed E-state index contributed by atoms with van der Waals surface area (Å²) in [7, 11) is 0. The first-order chi connectivity index (χ1) is 16.0. The summed E-state index contributed by atoms with van der Waals surface area (Å²) >= 11 is 0. The van der Waals surface area contributed by atoms with Crippen molar-refractivity contribution >= 4 is 17.4 Å². The van der Waals surface area contributed by atoms with E-state index in [9.17, 15) is 14.7 Å². The highest BCUT2D eigenvalue weighted by Gasteiger charge is 2.45. The van der Waals surface area contributed by atoms with Crippen molar-refractivity contribution < 1.29 is 28.6 Å². The summed E-state index contributed by atoms with van der Waals surface area (Å²) < 4.78 is 16.6. The number of hydrogen-bond donors (Lipinski definition) is 1. The predicted octanol–water partition coefficient (Wildman–Crippen LogP) is 5.17. The number of aliphatic hydroxyl groups excluding tert-OH is 1. The molecule has 1 aliphatic heterocycles. The third-order valence-corrected chi connectivity index (χ3v) is 5.36. The van der Waals surface area contributed by atoms with Crippen molar-refractivity contribution in [3.8, 4) is 11.5 Å². The Bertz CT molecular complexity index is 1210. The Morgan fingerprint density at radius 3 is 2.45 bits per heavy atom. The fourth-order valence-electron chi connectivity index (χ4n) is 3.99. The van der Waals surface area contributed by atoms with Crippen molar-refractivity contribution in [1.82, 2.24) is 0 Å². The Hall–Kier alpha value is -4.00. The number of anilines is 1. The van der Waals surface area contributed by atoms with Crippen LogP contribution in [-0.4, -0.2) is 30.0 Å². The number of nitrogens with zero attached hydrogens (tertiary/aromatic N) is 1. The van der Waals surface area contributed by atoms with Crippen molar-refractivity contribution in [2.45, 2.75) is 26.8 Å². The lowest BCUT2D eigenvalue weighted by Gasteiger charge is -2.27. The summed E-state index contributed by atoms with van der Waals surface area (Å²) in [5.74, 6) is -0.761. The summed E-state index contributed by atoms with van der Waals surface area (Å²) in [6.07, 6.45) is 1.38. The van der Waals surface area contributed by atoms with E-state index in [0.717, 1.165) is 5.56 Å². The number of aryl methyl sites for hydroxylation is 1. The molecule has 1 aliphatic rings. The normalized spacial score (nSPS) is 15.8. The fraction of sp³-hybridized carbons (Fsp3) is 0.231. The monoisotopic (exact) mass is 447 g/mol. The second-order valence-corrected chi connectivity index (χ2v) is 7.56. The van der Waals surface area contributed by atoms with Crippen molar-refractivity contribution in [3.63, 3.8) is 0 Å². The average molecular weight is 447 g/mol. The molecular formula is C26H25NO6. The van der Waals surface area contributed by atoms with Gasteiger partial charge in [0, 0.05) is 11.8 Å². The molecule has 0 spiro atoms. The first-order valence-corrected chi connectivity index (χ1v) is 10.8. The number of hydrogen-bond acceptors (Lipinski definition) is 6. The molecule has 170 valence electrons. The molecule has 0 aliphatic carbocycles. The van der Waals surface area contributed by atoms with E-state index in [1.807, 2.05) is 45.0 Å². The molecule has 0 radical (unpaired) electrons. The Morgan fingerprint density at radius 1 is 1.03 bits per heavy atom. The highest BCUT2D eigenvalue weighted by Crippen LogP contribution is 2.44. The molecule has 3 aromatic rings. The van der Waals surface area contributed by atoms with Gasteiger partial charge in [-0.15, -0.1) is 0 Å². The van der Waals surface area contributed by atoms with Crippen LogP contribution < -0.4 is 14.4 Å². The van der Waals surface area contributed by atoms with Crippen LogP contribution in [0.4, 0.5) is 5.69 Å². The molecule has 1 atom stereocenters. The zero-order valence-corrected chi connectivity index (χ0v) is 18.7. The lowest BCUT2D eigenvalue weighted by molar-refractivity contribution is -0.117. The minimum absolute atomic E-state index is 0.0348. The van der Waals surface area contributed by atoms with E-state index >= 15 is 0 Å². The van der Waals surface area contributed by atoms with E-state index in [4.69, 9.17) is 13.9 Å². The van der Waals surface area contributed by atoms with Crippen LogP contribution in [0.3, 0.4) is 0 Å². The second-order valence-electron chi connectivity index (χ2n) is 7.56. The zero-order valence-electron chi connectivity index (χ0n) is 18.7. The molecule has 1 N–H and O–H groups in total. The van der Waals surface area contributed by atoms with E-state index in [2.05, 4.69) is 0 Å². The molecule has 1 amide bonds. The fourth-order valence-corrected chi connectivity index (χ4v) is 3.99. The standard InChI is InChI=1S/C26H25NO6/c1-4-31-19-12-11-18(15-21(19)32-5-2)27-23(17-9-6-8-16(3)14-17)22(25(29)26(27)30)24(28)20-10-7-13-33-20/h6-15,23,29H,4-5H2,1-3H3. The molecule has 0 bridgehead atoms. The molecule has 1 unspecified atom stereocenters. The lowest BCUT2D eigenvalue weighted by atomic mass is 9.94. The van der Waals surface area contributed by atoms with Gasteiger partial charge in [-0.3, -0.25) is 14.5 Å². The molecule has 2 heterocycles. The summed E-state index contributed by atoms with van der Waals surface area (Å²) in [5, 5.41) is 10.8.